The largest absolute Gasteiger partial charge is 0.507 e. The predicted octanol–water partition coefficient (Wildman–Crippen LogP) is 9.26. The van der Waals surface area contributed by atoms with Crippen LogP contribution < -0.4 is 0 Å². The van der Waals surface area contributed by atoms with Crippen LogP contribution in [0.5, 0.6) is 11.5 Å². The van der Waals surface area contributed by atoms with Crippen molar-refractivity contribution in [2.45, 2.75) is 38.5 Å². The smallest absolute Gasteiger partial charge is 0.123 e. The molecule has 0 heterocycles. The lowest BCUT2D eigenvalue weighted by Crippen LogP contribution is -2.30. The minimum atomic E-state index is -0.476. The van der Waals surface area contributed by atoms with Gasteiger partial charge in [0.05, 0.1) is 0 Å². The summed E-state index contributed by atoms with van der Waals surface area (Å²) in [5.41, 5.74) is 7.83. The summed E-state index contributed by atoms with van der Waals surface area (Å²) in [5.74, 6) is 0.537. The summed E-state index contributed by atoms with van der Waals surface area (Å²) >= 11 is 0. The molecule has 0 fully saturated rings. The number of hydrogen-bond acceptors (Lipinski definition) is 2. The first kappa shape index (κ1) is 25.4. The highest BCUT2D eigenvalue weighted by Crippen LogP contribution is 2.48. The second-order valence-electron chi connectivity index (χ2n) is 10.0. The number of hydrogen-bond donors (Lipinski definition) is 2. The van der Waals surface area contributed by atoms with Gasteiger partial charge in [-0.25, -0.2) is 0 Å². The standard InChI is InChI=1S/C36H34O2/c1-3-4-23-36(33-18-12-11-13-26(33)2,29-19-21-34(37)31(24-29)27-14-7-5-8-15-27)30-20-22-35(38)32(25-30)28-16-9-6-10-17-28/h5-22,24-25,37-38H,3-4,23H2,1-2H3. The molecular weight excluding hydrogens is 464 g/mol. The highest BCUT2D eigenvalue weighted by molar-refractivity contribution is 5.74. The van der Waals surface area contributed by atoms with Crippen LogP contribution in [-0.2, 0) is 5.41 Å². The Labute approximate surface area is 225 Å². The summed E-state index contributed by atoms with van der Waals surface area (Å²) < 4.78 is 0. The van der Waals surface area contributed by atoms with Gasteiger partial charge in [0.15, 0.2) is 0 Å². The minimum Gasteiger partial charge on any atom is -0.507 e. The number of phenolic OH excluding ortho intramolecular Hbond substituents is 2. The van der Waals surface area contributed by atoms with Crippen LogP contribution in [0.3, 0.4) is 0 Å². The molecule has 0 atom stereocenters. The Morgan fingerprint density at radius 2 is 1.05 bits per heavy atom. The monoisotopic (exact) mass is 498 g/mol. The molecule has 5 aromatic carbocycles. The second-order valence-corrected chi connectivity index (χ2v) is 10.0. The van der Waals surface area contributed by atoms with Gasteiger partial charge in [0.1, 0.15) is 11.5 Å². The van der Waals surface area contributed by atoms with Crippen molar-refractivity contribution >= 4 is 0 Å². The van der Waals surface area contributed by atoms with Crippen molar-refractivity contribution in [2.24, 2.45) is 0 Å². The van der Waals surface area contributed by atoms with E-state index in [-0.39, 0.29) is 11.5 Å². The molecule has 0 aliphatic carbocycles. The number of aromatic hydroxyl groups is 2. The molecule has 190 valence electrons. The van der Waals surface area contributed by atoms with Crippen molar-refractivity contribution in [3.8, 4) is 33.8 Å². The van der Waals surface area contributed by atoms with Gasteiger partial charge in [0.25, 0.3) is 0 Å². The van der Waals surface area contributed by atoms with E-state index >= 15 is 0 Å². The third kappa shape index (κ3) is 4.70. The Hall–Kier alpha value is -4.30. The zero-order valence-corrected chi connectivity index (χ0v) is 22.1. The van der Waals surface area contributed by atoms with E-state index in [1.165, 1.54) is 11.1 Å². The van der Waals surface area contributed by atoms with Crippen LogP contribution in [0.25, 0.3) is 22.3 Å². The topological polar surface area (TPSA) is 40.5 Å². The van der Waals surface area contributed by atoms with Gasteiger partial charge >= 0.3 is 0 Å². The van der Waals surface area contributed by atoms with E-state index in [0.717, 1.165) is 52.6 Å². The molecule has 5 rings (SSSR count). The summed E-state index contributed by atoms with van der Waals surface area (Å²) in [6.07, 6.45) is 2.98. The molecule has 0 saturated carbocycles. The van der Waals surface area contributed by atoms with Gasteiger partial charge in [-0.1, -0.05) is 117 Å². The first-order valence-corrected chi connectivity index (χ1v) is 13.4. The van der Waals surface area contributed by atoms with Crippen LogP contribution in [-0.4, -0.2) is 10.2 Å². The lowest BCUT2D eigenvalue weighted by atomic mass is 9.64. The van der Waals surface area contributed by atoms with E-state index in [9.17, 15) is 10.2 Å². The number of aryl methyl sites for hydroxylation is 1. The average molecular weight is 499 g/mol. The van der Waals surface area contributed by atoms with Gasteiger partial charge in [0, 0.05) is 16.5 Å². The summed E-state index contributed by atoms with van der Waals surface area (Å²) in [4.78, 5) is 0. The van der Waals surface area contributed by atoms with Gasteiger partial charge in [-0.15, -0.1) is 0 Å². The van der Waals surface area contributed by atoms with E-state index in [4.69, 9.17) is 0 Å². The molecule has 0 radical (unpaired) electrons. The lowest BCUT2D eigenvalue weighted by molar-refractivity contribution is 0.473. The third-order valence-electron chi connectivity index (χ3n) is 7.66. The molecule has 38 heavy (non-hydrogen) atoms. The molecule has 0 aliphatic rings. The maximum Gasteiger partial charge on any atom is 0.123 e. The van der Waals surface area contributed by atoms with Crippen LogP contribution in [0, 0.1) is 6.92 Å². The Morgan fingerprint density at radius 1 is 0.579 bits per heavy atom. The Bertz CT molecular complexity index is 1430. The van der Waals surface area contributed by atoms with Gasteiger partial charge in [-0.2, -0.15) is 0 Å². The molecule has 0 saturated heterocycles. The van der Waals surface area contributed by atoms with Crippen molar-refractivity contribution in [3.05, 3.63) is 144 Å². The predicted molar refractivity (Wildman–Crippen MR) is 158 cm³/mol. The first-order valence-electron chi connectivity index (χ1n) is 13.4. The summed E-state index contributed by atoms with van der Waals surface area (Å²) in [5, 5.41) is 21.8. The normalized spacial score (nSPS) is 11.4. The maximum absolute atomic E-state index is 10.9. The highest BCUT2D eigenvalue weighted by Gasteiger charge is 2.38. The molecule has 2 nitrogen and oxygen atoms in total. The fourth-order valence-corrected chi connectivity index (χ4v) is 5.70. The van der Waals surface area contributed by atoms with Gasteiger partial charge in [-0.3, -0.25) is 0 Å². The molecule has 0 aromatic heterocycles. The van der Waals surface area contributed by atoms with Crippen LogP contribution in [0.4, 0.5) is 0 Å². The molecule has 0 unspecified atom stereocenters. The van der Waals surface area contributed by atoms with Gasteiger partial charge < -0.3 is 10.2 Å². The van der Waals surface area contributed by atoms with E-state index < -0.39 is 5.41 Å². The second kappa shape index (κ2) is 11.0. The van der Waals surface area contributed by atoms with Crippen LogP contribution in [0.2, 0.25) is 0 Å². The molecule has 5 aromatic rings. The number of phenols is 2. The number of benzene rings is 5. The van der Waals surface area contributed by atoms with E-state index in [1.807, 2.05) is 72.8 Å². The maximum atomic E-state index is 10.9. The number of unbranched alkanes of at least 4 members (excludes halogenated alkanes) is 1. The van der Waals surface area contributed by atoms with Crippen LogP contribution >= 0.6 is 0 Å². The van der Waals surface area contributed by atoms with E-state index in [0.29, 0.717) is 0 Å². The average Bonchev–Trinajstić information content (AvgIpc) is 2.96. The summed E-state index contributed by atoms with van der Waals surface area (Å²) in [7, 11) is 0. The highest BCUT2D eigenvalue weighted by atomic mass is 16.3. The van der Waals surface area contributed by atoms with E-state index in [2.05, 4.69) is 62.4 Å². The lowest BCUT2D eigenvalue weighted by Gasteiger charge is -2.38. The molecule has 2 heteroatoms. The van der Waals surface area contributed by atoms with Gasteiger partial charge in [0.2, 0.25) is 0 Å². The Kier molecular flexibility index (Phi) is 7.33. The zero-order chi connectivity index (χ0) is 26.5. The fourth-order valence-electron chi connectivity index (χ4n) is 5.70. The number of rotatable bonds is 8. The summed E-state index contributed by atoms with van der Waals surface area (Å²) in [6, 6.07) is 40.8. The van der Waals surface area contributed by atoms with Crippen molar-refractivity contribution in [3.63, 3.8) is 0 Å². The summed E-state index contributed by atoms with van der Waals surface area (Å²) in [6.45, 7) is 4.40. The van der Waals surface area contributed by atoms with E-state index in [1.54, 1.807) is 0 Å². The zero-order valence-electron chi connectivity index (χ0n) is 22.1. The SMILES string of the molecule is CCCCC(c1ccc(O)c(-c2ccccc2)c1)(c1ccc(O)c(-c2ccccc2)c1)c1ccccc1C. The van der Waals surface area contributed by atoms with Crippen LogP contribution in [0.15, 0.2) is 121 Å². The molecule has 0 amide bonds. The Balaban J connectivity index is 1.83. The fraction of sp³-hybridized carbons (Fsp3) is 0.167. The molecule has 0 aliphatic heterocycles. The molecule has 0 bridgehead atoms. The Morgan fingerprint density at radius 3 is 1.53 bits per heavy atom. The third-order valence-corrected chi connectivity index (χ3v) is 7.66. The van der Waals surface area contributed by atoms with Crippen molar-refractivity contribution in [2.75, 3.05) is 0 Å². The van der Waals surface area contributed by atoms with Crippen molar-refractivity contribution < 1.29 is 10.2 Å². The molecule has 0 spiro atoms. The molecule has 2 N–H and O–H groups in total. The quantitative estimate of drug-likeness (QED) is 0.209. The van der Waals surface area contributed by atoms with Gasteiger partial charge in [-0.05, 0) is 71.0 Å². The molecular formula is C36H34O2. The van der Waals surface area contributed by atoms with Crippen molar-refractivity contribution in [1.29, 1.82) is 0 Å². The first-order chi connectivity index (χ1) is 18.5. The minimum absolute atomic E-state index is 0.268. The van der Waals surface area contributed by atoms with Crippen LogP contribution in [0.1, 0.15) is 48.4 Å². The van der Waals surface area contributed by atoms with Crippen molar-refractivity contribution in [1.82, 2.24) is 0 Å².